The first-order valence-corrected chi connectivity index (χ1v) is 7.39. The molecule has 2 atom stereocenters. The molecule has 3 rings (SSSR count). The number of benzene rings is 2. The number of nitro groups is 1. The summed E-state index contributed by atoms with van der Waals surface area (Å²) >= 11 is 0. The van der Waals surface area contributed by atoms with Gasteiger partial charge >= 0.3 is 0 Å². The molecule has 0 bridgehead atoms. The van der Waals surface area contributed by atoms with Gasteiger partial charge in [-0.15, -0.1) is 0 Å². The van der Waals surface area contributed by atoms with Crippen molar-refractivity contribution in [2.75, 3.05) is 13.1 Å². The Balaban J connectivity index is 1.84. The average Bonchev–Trinajstić information content (AvgIpc) is 2.94. The molecule has 2 aromatic rings. The van der Waals surface area contributed by atoms with Crippen molar-refractivity contribution in [2.45, 2.75) is 18.5 Å². The number of nitrogens with zero attached hydrogens (tertiary/aromatic N) is 2. The van der Waals surface area contributed by atoms with Crippen molar-refractivity contribution >= 4 is 0 Å². The number of rotatable bonds is 4. The van der Waals surface area contributed by atoms with Crippen LogP contribution in [0.4, 0.5) is 8.78 Å². The zero-order valence-corrected chi connectivity index (χ0v) is 12.4. The molecular weight excluding hydrogens is 302 g/mol. The van der Waals surface area contributed by atoms with Crippen molar-refractivity contribution in [2.24, 2.45) is 0 Å². The molecule has 2 aromatic carbocycles. The summed E-state index contributed by atoms with van der Waals surface area (Å²) in [4.78, 5) is 12.9. The van der Waals surface area contributed by atoms with E-state index >= 15 is 0 Å². The van der Waals surface area contributed by atoms with Crippen molar-refractivity contribution < 1.29 is 13.7 Å². The van der Waals surface area contributed by atoms with E-state index < -0.39 is 23.6 Å². The standard InChI is InChI=1S/C17H16F2N2O2/c18-13-6-7-16(19)14(8-13)15-10-20(11-17(15)21(22)23)9-12-4-2-1-3-5-12/h1-8,15,17H,9-11H2/t15-,17+/m0/s1. The third-order valence-corrected chi connectivity index (χ3v) is 4.24. The fraction of sp³-hybridized carbons (Fsp3) is 0.294. The largest absolute Gasteiger partial charge is 0.292 e. The maximum absolute atomic E-state index is 14.0. The van der Waals surface area contributed by atoms with E-state index in [4.69, 9.17) is 0 Å². The van der Waals surface area contributed by atoms with E-state index in [9.17, 15) is 18.9 Å². The van der Waals surface area contributed by atoms with Crippen LogP contribution in [-0.4, -0.2) is 29.0 Å². The second-order valence-corrected chi connectivity index (χ2v) is 5.80. The number of hydrogen-bond acceptors (Lipinski definition) is 3. The molecule has 0 unspecified atom stereocenters. The average molecular weight is 318 g/mol. The lowest BCUT2D eigenvalue weighted by atomic mass is 9.94. The summed E-state index contributed by atoms with van der Waals surface area (Å²) in [6.07, 6.45) is 0. The Hall–Kier alpha value is -2.34. The predicted octanol–water partition coefficient (Wildman–Crippen LogP) is 3.21. The molecular formula is C17H16F2N2O2. The third-order valence-electron chi connectivity index (χ3n) is 4.24. The normalized spacial score (nSPS) is 21.5. The fourth-order valence-corrected chi connectivity index (χ4v) is 3.15. The van der Waals surface area contributed by atoms with Crippen molar-refractivity contribution in [3.63, 3.8) is 0 Å². The lowest BCUT2D eigenvalue weighted by Crippen LogP contribution is -2.28. The van der Waals surface area contributed by atoms with E-state index in [2.05, 4.69) is 0 Å². The molecule has 1 aliphatic heterocycles. The minimum absolute atomic E-state index is 0.0854. The summed E-state index contributed by atoms with van der Waals surface area (Å²) < 4.78 is 27.4. The van der Waals surface area contributed by atoms with Gasteiger partial charge in [-0.25, -0.2) is 8.78 Å². The van der Waals surface area contributed by atoms with Gasteiger partial charge in [0.2, 0.25) is 6.04 Å². The molecule has 0 aromatic heterocycles. The Morgan fingerprint density at radius 3 is 2.57 bits per heavy atom. The first-order chi connectivity index (χ1) is 11.0. The molecule has 4 nitrogen and oxygen atoms in total. The van der Waals surface area contributed by atoms with Crippen LogP contribution in [0.1, 0.15) is 17.0 Å². The molecule has 0 N–H and O–H groups in total. The van der Waals surface area contributed by atoms with Crippen LogP contribution in [0.2, 0.25) is 0 Å². The van der Waals surface area contributed by atoms with E-state index in [1.54, 1.807) is 0 Å². The van der Waals surface area contributed by atoms with Gasteiger partial charge in [-0.2, -0.15) is 0 Å². The van der Waals surface area contributed by atoms with Gasteiger partial charge in [0.1, 0.15) is 11.6 Å². The zero-order valence-electron chi connectivity index (χ0n) is 12.4. The summed E-state index contributed by atoms with van der Waals surface area (Å²) in [5.41, 5.74) is 1.12. The Kier molecular flexibility index (Phi) is 4.34. The molecule has 1 heterocycles. The van der Waals surface area contributed by atoms with Crippen molar-refractivity contribution in [1.82, 2.24) is 4.90 Å². The van der Waals surface area contributed by atoms with Crippen LogP contribution in [0, 0.1) is 21.7 Å². The first kappa shape index (κ1) is 15.6. The maximum Gasteiger partial charge on any atom is 0.233 e. The molecule has 1 aliphatic rings. The van der Waals surface area contributed by atoms with E-state index in [1.165, 1.54) is 0 Å². The third kappa shape index (κ3) is 3.37. The number of halogens is 2. The minimum atomic E-state index is -0.935. The zero-order chi connectivity index (χ0) is 16.4. The quantitative estimate of drug-likeness (QED) is 0.642. The highest BCUT2D eigenvalue weighted by Crippen LogP contribution is 2.32. The van der Waals surface area contributed by atoms with Gasteiger partial charge in [-0.05, 0) is 23.8 Å². The van der Waals surface area contributed by atoms with Crippen molar-refractivity contribution in [3.8, 4) is 0 Å². The van der Waals surface area contributed by atoms with Gasteiger partial charge in [-0.3, -0.25) is 15.0 Å². The van der Waals surface area contributed by atoms with Crippen LogP contribution in [0.3, 0.4) is 0 Å². The van der Waals surface area contributed by atoms with Crippen LogP contribution >= 0.6 is 0 Å². The summed E-state index contributed by atoms with van der Waals surface area (Å²) in [5.74, 6) is -1.82. The van der Waals surface area contributed by atoms with Crippen LogP contribution in [0.25, 0.3) is 0 Å². The molecule has 0 amide bonds. The van der Waals surface area contributed by atoms with E-state index in [-0.39, 0.29) is 17.0 Å². The number of likely N-dealkylation sites (tertiary alicyclic amines) is 1. The van der Waals surface area contributed by atoms with Crippen LogP contribution in [0.15, 0.2) is 48.5 Å². The van der Waals surface area contributed by atoms with Crippen LogP contribution in [-0.2, 0) is 6.54 Å². The van der Waals surface area contributed by atoms with E-state index in [0.717, 1.165) is 23.8 Å². The molecule has 6 heteroatoms. The molecule has 0 aliphatic carbocycles. The van der Waals surface area contributed by atoms with Gasteiger partial charge in [0.25, 0.3) is 0 Å². The minimum Gasteiger partial charge on any atom is -0.292 e. The lowest BCUT2D eigenvalue weighted by molar-refractivity contribution is -0.521. The smallest absolute Gasteiger partial charge is 0.233 e. The molecule has 0 saturated carbocycles. The lowest BCUT2D eigenvalue weighted by Gasteiger charge is -2.15. The van der Waals surface area contributed by atoms with Gasteiger partial charge in [0.15, 0.2) is 0 Å². The molecule has 0 radical (unpaired) electrons. The van der Waals surface area contributed by atoms with E-state index in [0.29, 0.717) is 13.1 Å². The Morgan fingerprint density at radius 1 is 1.13 bits per heavy atom. The maximum atomic E-state index is 14.0. The molecule has 23 heavy (non-hydrogen) atoms. The van der Waals surface area contributed by atoms with Gasteiger partial charge < -0.3 is 0 Å². The first-order valence-electron chi connectivity index (χ1n) is 7.39. The predicted molar refractivity (Wildman–Crippen MR) is 81.6 cm³/mol. The van der Waals surface area contributed by atoms with Crippen LogP contribution < -0.4 is 0 Å². The van der Waals surface area contributed by atoms with Crippen molar-refractivity contribution in [3.05, 3.63) is 81.4 Å². The van der Waals surface area contributed by atoms with Gasteiger partial charge in [0, 0.05) is 23.6 Å². The highest BCUT2D eigenvalue weighted by atomic mass is 19.1. The van der Waals surface area contributed by atoms with Gasteiger partial charge in [0.05, 0.1) is 12.5 Å². The topological polar surface area (TPSA) is 46.4 Å². The second kappa shape index (κ2) is 6.42. The van der Waals surface area contributed by atoms with Crippen molar-refractivity contribution in [1.29, 1.82) is 0 Å². The molecule has 120 valence electrons. The Bertz CT molecular complexity index is 709. The van der Waals surface area contributed by atoms with E-state index in [1.807, 2.05) is 35.2 Å². The summed E-state index contributed by atoms with van der Waals surface area (Å²) in [6, 6.07) is 11.8. The summed E-state index contributed by atoms with van der Waals surface area (Å²) in [5, 5.41) is 11.3. The Labute approximate surface area is 132 Å². The number of hydrogen-bond donors (Lipinski definition) is 0. The summed E-state index contributed by atoms with van der Waals surface area (Å²) in [7, 11) is 0. The summed E-state index contributed by atoms with van der Waals surface area (Å²) in [6.45, 7) is 1.11. The highest BCUT2D eigenvalue weighted by molar-refractivity contribution is 5.26. The molecule has 0 spiro atoms. The second-order valence-electron chi connectivity index (χ2n) is 5.80. The molecule has 1 fully saturated rings. The van der Waals surface area contributed by atoms with Gasteiger partial charge in [-0.1, -0.05) is 30.3 Å². The molecule has 1 saturated heterocycles. The Morgan fingerprint density at radius 2 is 1.87 bits per heavy atom. The fourth-order valence-electron chi connectivity index (χ4n) is 3.15. The highest BCUT2D eigenvalue weighted by Gasteiger charge is 2.43. The SMILES string of the molecule is O=[N+]([O-])[C@@H]1CN(Cc2ccccc2)C[C@H]1c1cc(F)ccc1F. The van der Waals surface area contributed by atoms with Crippen LogP contribution in [0.5, 0.6) is 0 Å². The monoisotopic (exact) mass is 318 g/mol.